The molecule has 0 unspecified atom stereocenters. The second kappa shape index (κ2) is 11.0. The van der Waals surface area contributed by atoms with E-state index in [2.05, 4.69) is 16.0 Å². The number of benzene rings is 1. The lowest BCUT2D eigenvalue weighted by Crippen LogP contribution is -2.51. The normalized spacial score (nSPS) is 13.4. The molecule has 29 heavy (non-hydrogen) atoms. The van der Waals surface area contributed by atoms with Crippen LogP contribution in [0.1, 0.15) is 51.9 Å². The number of amides is 3. The van der Waals surface area contributed by atoms with Crippen molar-refractivity contribution in [3.63, 3.8) is 0 Å². The highest BCUT2D eigenvalue weighted by Crippen LogP contribution is 2.15. The van der Waals surface area contributed by atoms with E-state index in [4.69, 9.17) is 16.3 Å². The summed E-state index contributed by atoms with van der Waals surface area (Å²) in [4.78, 5) is 36.8. The van der Waals surface area contributed by atoms with E-state index < -0.39 is 23.6 Å². The van der Waals surface area contributed by atoms with E-state index in [1.54, 1.807) is 45.0 Å². The number of alkyl carbamates (subject to hydrolysis) is 1. The standard InChI is InChI=1S/C21H32ClN3O4/c1-13(2)17(25-18(26)15-9-7-8-10-16(15)22)19(27)23-11-14(3)12-24-20(28)29-21(4,5)6/h7-10,13-14,17H,11-12H2,1-6H3,(H,23,27)(H,24,28)(H,25,26)/t14-,17+/m0/s1. The zero-order valence-electron chi connectivity index (χ0n) is 18.0. The van der Waals surface area contributed by atoms with Gasteiger partial charge in [0.2, 0.25) is 5.91 Å². The van der Waals surface area contributed by atoms with Crippen LogP contribution in [0.25, 0.3) is 0 Å². The molecule has 3 N–H and O–H groups in total. The summed E-state index contributed by atoms with van der Waals surface area (Å²) in [5.41, 5.74) is -0.242. The molecule has 0 aliphatic carbocycles. The molecule has 1 aromatic carbocycles. The van der Waals surface area contributed by atoms with Gasteiger partial charge in [-0.25, -0.2) is 4.79 Å². The van der Waals surface area contributed by atoms with Crippen LogP contribution in [0.5, 0.6) is 0 Å². The van der Waals surface area contributed by atoms with Crippen LogP contribution in [0.3, 0.4) is 0 Å². The van der Waals surface area contributed by atoms with Crippen molar-refractivity contribution in [2.75, 3.05) is 13.1 Å². The first kappa shape index (κ1) is 24.8. The molecule has 0 spiro atoms. The lowest BCUT2D eigenvalue weighted by atomic mass is 10.0. The Morgan fingerprint density at radius 3 is 2.17 bits per heavy atom. The smallest absolute Gasteiger partial charge is 0.407 e. The van der Waals surface area contributed by atoms with Crippen molar-refractivity contribution < 1.29 is 19.1 Å². The Kier molecular flexibility index (Phi) is 9.43. The molecule has 8 heteroatoms. The highest BCUT2D eigenvalue weighted by atomic mass is 35.5. The van der Waals surface area contributed by atoms with Gasteiger partial charge in [0.1, 0.15) is 11.6 Å². The summed E-state index contributed by atoms with van der Waals surface area (Å²) < 4.78 is 5.18. The molecule has 0 aromatic heterocycles. The van der Waals surface area contributed by atoms with Crippen LogP contribution >= 0.6 is 11.6 Å². The molecule has 7 nitrogen and oxygen atoms in total. The van der Waals surface area contributed by atoms with Crippen molar-refractivity contribution in [1.29, 1.82) is 0 Å². The van der Waals surface area contributed by atoms with Gasteiger partial charge in [-0.05, 0) is 44.7 Å². The molecule has 0 aliphatic rings. The molecule has 0 heterocycles. The largest absolute Gasteiger partial charge is 0.444 e. The Balaban J connectivity index is 2.55. The molecule has 162 valence electrons. The van der Waals surface area contributed by atoms with Crippen LogP contribution in [-0.4, -0.2) is 42.6 Å². The second-order valence-corrected chi connectivity index (χ2v) is 8.82. The highest BCUT2D eigenvalue weighted by Gasteiger charge is 2.25. The molecule has 1 aromatic rings. The van der Waals surface area contributed by atoms with Gasteiger partial charge in [0.25, 0.3) is 5.91 Å². The summed E-state index contributed by atoms with van der Waals surface area (Å²) in [5, 5.41) is 8.58. The van der Waals surface area contributed by atoms with E-state index in [9.17, 15) is 14.4 Å². The molecular formula is C21H32ClN3O4. The summed E-state index contributed by atoms with van der Waals surface area (Å²) in [5.74, 6) is -0.816. The third kappa shape index (κ3) is 9.17. The lowest BCUT2D eigenvalue weighted by Gasteiger charge is -2.23. The molecule has 1 rings (SSSR count). The van der Waals surface area contributed by atoms with Crippen LogP contribution in [0.15, 0.2) is 24.3 Å². The quantitative estimate of drug-likeness (QED) is 0.594. The van der Waals surface area contributed by atoms with Gasteiger partial charge < -0.3 is 20.7 Å². The van der Waals surface area contributed by atoms with Crippen LogP contribution in [-0.2, 0) is 9.53 Å². The molecule has 2 atom stereocenters. The minimum absolute atomic E-state index is 0.0152. The Bertz CT molecular complexity index is 716. The zero-order valence-corrected chi connectivity index (χ0v) is 18.7. The van der Waals surface area contributed by atoms with Crippen LogP contribution < -0.4 is 16.0 Å². The molecular weight excluding hydrogens is 394 g/mol. The van der Waals surface area contributed by atoms with E-state index in [1.807, 2.05) is 20.8 Å². The first-order chi connectivity index (χ1) is 13.4. The number of halogens is 1. The molecule has 0 saturated carbocycles. The first-order valence-corrected chi connectivity index (χ1v) is 10.1. The lowest BCUT2D eigenvalue weighted by molar-refractivity contribution is -0.124. The van der Waals surface area contributed by atoms with E-state index in [0.717, 1.165) is 0 Å². The predicted molar refractivity (Wildman–Crippen MR) is 114 cm³/mol. The van der Waals surface area contributed by atoms with Crippen LogP contribution in [0.2, 0.25) is 5.02 Å². The van der Waals surface area contributed by atoms with Crippen molar-refractivity contribution in [2.24, 2.45) is 11.8 Å². The molecule has 0 bridgehead atoms. The Morgan fingerprint density at radius 1 is 1.03 bits per heavy atom. The van der Waals surface area contributed by atoms with Crippen molar-refractivity contribution in [2.45, 2.75) is 53.2 Å². The maximum absolute atomic E-state index is 12.6. The molecule has 0 aliphatic heterocycles. The average Bonchev–Trinajstić information content (AvgIpc) is 2.61. The van der Waals surface area contributed by atoms with Crippen molar-refractivity contribution in [3.05, 3.63) is 34.9 Å². The highest BCUT2D eigenvalue weighted by molar-refractivity contribution is 6.33. The van der Waals surface area contributed by atoms with Gasteiger partial charge >= 0.3 is 6.09 Å². The fourth-order valence-electron chi connectivity index (χ4n) is 2.43. The summed E-state index contributed by atoms with van der Waals surface area (Å²) in [6.45, 7) is 11.7. The summed E-state index contributed by atoms with van der Waals surface area (Å²) in [6, 6.07) is 5.98. The van der Waals surface area contributed by atoms with Gasteiger partial charge in [0.15, 0.2) is 0 Å². The number of rotatable bonds is 8. The Hall–Kier alpha value is -2.28. The fraction of sp³-hybridized carbons (Fsp3) is 0.571. The maximum atomic E-state index is 12.6. The monoisotopic (exact) mass is 425 g/mol. The average molecular weight is 426 g/mol. The van der Waals surface area contributed by atoms with Crippen LogP contribution in [0.4, 0.5) is 4.79 Å². The minimum atomic E-state index is -0.704. The summed E-state index contributed by atoms with van der Waals surface area (Å²) in [7, 11) is 0. The van der Waals surface area contributed by atoms with Gasteiger partial charge in [-0.2, -0.15) is 0 Å². The Morgan fingerprint density at radius 2 is 1.62 bits per heavy atom. The van der Waals surface area contributed by atoms with Crippen molar-refractivity contribution in [1.82, 2.24) is 16.0 Å². The summed E-state index contributed by atoms with van der Waals surface area (Å²) >= 11 is 6.06. The predicted octanol–water partition coefficient (Wildman–Crippen LogP) is 3.37. The van der Waals surface area contributed by atoms with Crippen molar-refractivity contribution in [3.8, 4) is 0 Å². The van der Waals surface area contributed by atoms with Gasteiger partial charge in [-0.1, -0.05) is 44.5 Å². The zero-order chi connectivity index (χ0) is 22.2. The molecule has 0 radical (unpaired) electrons. The second-order valence-electron chi connectivity index (χ2n) is 8.41. The number of hydrogen-bond acceptors (Lipinski definition) is 4. The van der Waals surface area contributed by atoms with Gasteiger partial charge in [-0.3, -0.25) is 9.59 Å². The first-order valence-electron chi connectivity index (χ1n) is 9.70. The van der Waals surface area contributed by atoms with E-state index in [-0.39, 0.29) is 17.7 Å². The number of nitrogens with one attached hydrogen (secondary N) is 3. The molecule has 0 fully saturated rings. The molecule has 0 saturated heterocycles. The van der Waals surface area contributed by atoms with Gasteiger partial charge in [0, 0.05) is 13.1 Å². The maximum Gasteiger partial charge on any atom is 0.407 e. The SMILES string of the molecule is CC(C)[C@@H](NC(=O)c1ccccc1Cl)C(=O)NC[C@H](C)CNC(=O)OC(C)(C)C. The van der Waals surface area contributed by atoms with Gasteiger partial charge in [0.05, 0.1) is 10.6 Å². The topological polar surface area (TPSA) is 96.5 Å². The number of carbonyl (C=O) groups is 3. The number of hydrogen-bond donors (Lipinski definition) is 3. The van der Waals surface area contributed by atoms with E-state index in [0.29, 0.717) is 23.7 Å². The Labute approximate surface area is 177 Å². The number of ether oxygens (including phenoxy) is 1. The fourth-order valence-corrected chi connectivity index (χ4v) is 2.65. The third-order valence-corrected chi connectivity index (χ3v) is 4.30. The van der Waals surface area contributed by atoms with Crippen molar-refractivity contribution >= 4 is 29.5 Å². The summed E-state index contributed by atoms with van der Waals surface area (Å²) in [6.07, 6.45) is -0.497. The van der Waals surface area contributed by atoms with E-state index in [1.165, 1.54) is 0 Å². The number of carbonyl (C=O) groups excluding carboxylic acids is 3. The van der Waals surface area contributed by atoms with E-state index >= 15 is 0 Å². The molecule has 3 amide bonds. The minimum Gasteiger partial charge on any atom is -0.444 e. The van der Waals surface area contributed by atoms with Gasteiger partial charge in [-0.15, -0.1) is 0 Å². The third-order valence-electron chi connectivity index (χ3n) is 3.97. The van der Waals surface area contributed by atoms with Crippen LogP contribution in [0, 0.1) is 11.8 Å².